The molecule has 3 rings (SSSR count). The largest absolute Gasteiger partial charge is 0.408 e. The van der Waals surface area contributed by atoms with Gasteiger partial charge in [0.2, 0.25) is 0 Å². The van der Waals surface area contributed by atoms with Crippen molar-refractivity contribution in [2.75, 3.05) is 143 Å². The quantitative estimate of drug-likeness (QED) is 0.0361. The van der Waals surface area contributed by atoms with Gasteiger partial charge < -0.3 is 52.6 Å². The highest BCUT2D eigenvalue weighted by molar-refractivity contribution is 7.85. The van der Waals surface area contributed by atoms with Gasteiger partial charge in [0.05, 0.1) is 143 Å². The Morgan fingerprint density at radius 3 is 1.63 bits per heavy atom. The van der Waals surface area contributed by atoms with Crippen molar-refractivity contribution in [3.8, 4) is 0 Å². The molecule has 0 bridgehead atoms. The number of ether oxygens (including phenoxy) is 9. The summed E-state index contributed by atoms with van der Waals surface area (Å²) in [5.41, 5.74) is 3.92. The fraction of sp³-hybridized carbons (Fsp3) is 0.625. The van der Waals surface area contributed by atoms with Crippen molar-refractivity contribution in [2.45, 2.75) is 26.4 Å². The fourth-order valence-electron chi connectivity index (χ4n) is 5.21. The van der Waals surface area contributed by atoms with E-state index in [4.69, 9.17) is 52.3 Å². The van der Waals surface area contributed by atoms with E-state index in [1.54, 1.807) is 0 Å². The molecule has 2 N–H and O–H groups in total. The molecule has 19 heteroatoms. The monoisotopic (exact) mass is 871 g/mol. The first-order valence-electron chi connectivity index (χ1n) is 19.9. The molecule has 0 aliphatic carbocycles. The minimum Gasteiger partial charge on any atom is -0.394 e. The Kier molecular flexibility index (Phi) is 27.9. The summed E-state index contributed by atoms with van der Waals surface area (Å²) in [7, 11) is -4.01. The zero-order valence-corrected chi connectivity index (χ0v) is 35.9. The third-order valence-electron chi connectivity index (χ3n) is 8.18. The first-order chi connectivity index (χ1) is 28.9. The Labute approximate surface area is 352 Å². The molecule has 0 aliphatic heterocycles. The minimum absolute atomic E-state index is 0.0158. The topological polar surface area (TPSA) is 190 Å². The lowest BCUT2D eigenvalue weighted by atomic mass is 10.1. The molecule has 59 heavy (non-hydrogen) atoms. The molecule has 0 atom stereocenters. The summed E-state index contributed by atoms with van der Waals surface area (Å²) in [5, 5.41) is 20.0. The van der Waals surface area contributed by atoms with Gasteiger partial charge in [0, 0.05) is 30.6 Å². The molecule has 0 saturated heterocycles. The second-order valence-corrected chi connectivity index (χ2v) is 15.3. The number of rotatable bonds is 38. The molecular formula is C40H63N4O13S2+. The molecule has 0 fully saturated rings. The van der Waals surface area contributed by atoms with Crippen LogP contribution in [-0.4, -0.2) is 156 Å². The highest BCUT2D eigenvalue weighted by Gasteiger charge is 2.15. The predicted molar refractivity (Wildman–Crippen MR) is 223 cm³/mol. The molecule has 3 aromatic rings. The molecule has 0 aliphatic rings. The number of benzene rings is 2. The maximum Gasteiger partial charge on any atom is 0.408 e. The zero-order chi connectivity index (χ0) is 42.1. The number of hydrogen-bond donors (Lipinski definition) is 2. The number of hydrogen-bond acceptors (Lipinski definition) is 16. The van der Waals surface area contributed by atoms with E-state index in [0.29, 0.717) is 144 Å². The van der Waals surface area contributed by atoms with Gasteiger partial charge in [-0.1, -0.05) is 30.3 Å². The summed E-state index contributed by atoms with van der Waals surface area (Å²) in [6.07, 6.45) is 2.10. The first-order valence-corrected chi connectivity index (χ1v) is 22.4. The SMILES string of the molecule is Cc1cc(N(CCOCCOCCOCCOCCOCCOCCOCCOCCOCCO)Cc2ccccc2)ccc1N=Nc1scc[n+]1CCCS(=O)(=O)O. The van der Waals surface area contributed by atoms with E-state index in [2.05, 4.69) is 33.3 Å². The van der Waals surface area contributed by atoms with Gasteiger partial charge in [-0.3, -0.25) is 4.55 Å². The first kappa shape index (κ1) is 50.3. The molecule has 2 aromatic carbocycles. The normalized spacial score (nSPS) is 11.9. The summed E-state index contributed by atoms with van der Waals surface area (Å²) in [6.45, 7) is 12.3. The van der Waals surface area contributed by atoms with Crippen molar-refractivity contribution in [3.63, 3.8) is 0 Å². The highest BCUT2D eigenvalue weighted by atomic mass is 32.2. The minimum atomic E-state index is -4.01. The Morgan fingerprint density at radius 1 is 0.661 bits per heavy atom. The van der Waals surface area contributed by atoms with Crippen LogP contribution in [0.3, 0.4) is 0 Å². The van der Waals surface area contributed by atoms with Crippen molar-refractivity contribution in [1.82, 2.24) is 0 Å². The third kappa shape index (κ3) is 25.4. The van der Waals surface area contributed by atoms with Crippen molar-refractivity contribution < 1.29 is 65.3 Å². The van der Waals surface area contributed by atoms with Gasteiger partial charge in [0.15, 0.2) is 0 Å². The van der Waals surface area contributed by atoms with Gasteiger partial charge in [0.25, 0.3) is 10.1 Å². The molecule has 0 amide bonds. The van der Waals surface area contributed by atoms with Crippen molar-refractivity contribution in [3.05, 3.63) is 71.2 Å². The summed E-state index contributed by atoms with van der Waals surface area (Å²) in [5.74, 6) is -0.307. The van der Waals surface area contributed by atoms with Crippen LogP contribution in [0.15, 0.2) is 70.3 Å². The van der Waals surface area contributed by atoms with E-state index in [0.717, 1.165) is 16.9 Å². The second kappa shape index (κ2) is 32.7. The van der Waals surface area contributed by atoms with Gasteiger partial charge in [-0.05, 0) is 52.7 Å². The van der Waals surface area contributed by atoms with Crippen LogP contribution < -0.4 is 9.47 Å². The predicted octanol–water partition coefficient (Wildman–Crippen LogP) is 4.19. The fourth-order valence-corrected chi connectivity index (χ4v) is 6.41. The van der Waals surface area contributed by atoms with Crippen LogP contribution >= 0.6 is 11.3 Å². The van der Waals surface area contributed by atoms with Crippen LogP contribution in [0.1, 0.15) is 17.5 Å². The average molecular weight is 872 g/mol. The van der Waals surface area contributed by atoms with E-state index in [1.807, 2.05) is 53.4 Å². The molecule has 0 saturated carbocycles. The highest BCUT2D eigenvalue weighted by Crippen LogP contribution is 2.28. The Hall–Kier alpha value is -3.02. The van der Waals surface area contributed by atoms with Crippen molar-refractivity contribution in [2.24, 2.45) is 10.2 Å². The summed E-state index contributed by atoms with van der Waals surface area (Å²) in [4.78, 5) is 2.27. The maximum absolute atomic E-state index is 11.1. The average Bonchev–Trinajstić information content (AvgIpc) is 3.67. The zero-order valence-electron chi connectivity index (χ0n) is 34.2. The Bertz CT molecular complexity index is 1620. The van der Waals surface area contributed by atoms with E-state index < -0.39 is 10.1 Å². The maximum atomic E-state index is 11.1. The lowest BCUT2D eigenvalue weighted by Gasteiger charge is -2.25. The number of azo groups is 1. The molecular weight excluding hydrogens is 809 g/mol. The van der Waals surface area contributed by atoms with Gasteiger partial charge in [0.1, 0.15) is 11.9 Å². The Balaban J connectivity index is 1.20. The number of aliphatic hydroxyl groups is 1. The molecule has 0 unspecified atom stereocenters. The van der Waals surface area contributed by atoms with Crippen molar-refractivity contribution in [1.29, 1.82) is 0 Å². The smallest absolute Gasteiger partial charge is 0.394 e. The van der Waals surface area contributed by atoms with Gasteiger partial charge in [-0.25, -0.2) is 4.57 Å². The molecule has 0 radical (unpaired) electrons. The van der Waals surface area contributed by atoms with E-state index >= 15 is 0 Å². The summed E-state index contributed by atoms with van der Waals surface area (Å²) >= 11 is 1.40. The second-order valence-electron chi connectivity index (χ2n) is 12.8. The lowest BCUT2D eigenvalue weighted by molar-refractivity contribution is -0.680. The molecule has 332 valence electrons. The Morgan fingerprint density at radius 2 is 1.15 bits per heavy atom. The van der Waals surface area contributed by atoms with Crippen LogP contribution in [0.25, 0.3) is 0 Å². The van der Waals surface area contributed by atoms with Crippen molar-refractivity contribution >= 4 is 38.0 Å². The van der Waals surface area contributed by atoms with E-state index in [9.17, 15) is 8.42 Å². The molecule has 1 aromatic heterocycles. The number of thiazole rings is 1. The number of nitrogens with zero attached hydrogens (tertiary/aromatic N) is 4. The number of anilines is 1. The van der Waals surface area contributed by atoms with E-state index in [1.165, 1.54) is 16.9 Å². The van der Waals surface area contributed by atoms with Gasteiger partial charge in [-0.2, -0.15) is 8.42 Å². The number of aromatic nitrogens is 1. The molecule has 17 nitrogen and oxygen atoms in total. The number of aliphatic hydroxyl groups excluding tert-OH is 1. The lowest BCUT2D eigenvalue weighted by Crippen LogP contribution is -2.32. The van der Waals surface area contributed by atoms with E-state index in [-0.39, 0.29) is 18.8 Å². The van der Waals surface area contributed by atoms with Crippen LogP contribution in [0.5, 0.6) is 0 Å². The van der Waals surface area contributed by atoms with Gasteiger partial charge in [-0.15, -0.1) is 0 Å². The van der Waals surface area contributed by atoms with Crippen LogP contribution in [0.4, 0.5) is 16.5 Å². The van der Waals surface area contributed by atoms with Gasteiger partial charge >= 0.3 is 5.13 Å². The third-order valence-corrected chi connectivity index (χ3v) is 9.77. The molecule has 0 spiro atoms. The molecule has 1 heterocycles. The van der Waals surface area contributed by atoms with Crippen LogP contribution in [0, 0.1) is 6.92 Å². The van der Waals surface area contributed by atoms with Crippen LogP contribution in [-0.2, 0) is 65.8 Å². The standard InChI is InChI=1S/C40H62N4O13S2/c1-36-34-38(8-9-39(36)41-42-40-43(12-32-58-40)10-5-33-59(46,47)48)44(35-37-6-3-2-4-7-37)11-14-49-16-18-51-20-22-53-24-26-55-28-30-57-31-29-56-27-25-54-23-21-52-19-17-50-15-13-45/h2-4,6-9,12,32,34,45H,5,10-11,13-31,33,35H2,1H3/p+1. The number of aryl methyl sites for hydroxylation is 2. The summed E-state index contributed by atoms with van der Waals surface area (Å²) < 4.78 is 82.5. The summed E-state index contributed by atoms with van der Waals surface area (Å²) in [6, 6.07) is 16.3. The van der Waals surface area contributed by atoms with Crippen LogP contribution in [0.2, 0.25) is 0 Å².